The van der Waals surface area contributed by atoms with Gasteiger partial charge in [0, 0.05) is 6.04 Å². The summed E-state index contributed by atoms with van der Waals surface area (Å²) in [6, 6.07) is -0.0362. The van der Waals surface area contributed by atoms with Crippen molar-refractivity contribution in [3.63, 3.8) is 0 Å². The summed E-state index contributed by atoms with van der Waals surface area (Å²) in [4.78, 5) is 15.8. The minimum absolute atomic E-state index is 0.0362. The van der Waals surface area contributed by atoms with Gasteiger partial charge in [0.25, 0.3) is 10.2 Å². The third-order valence-corrected chi connectivity index (χ3v) is 2.24. The molecule has 7 nitrogen and oxygen atoms in total. The summed E-state index contributed by atoms with van der Waals surface area (Å²) in [5.74, 6) is -1.24. The van der Waals surface area contributed by atoms with Gasteiger partial charge in [0.05, 0.1) is 0 Å². The van der Waals surface area contributed by atoms with Gasteiger partial charge in [-0.05, 0) is 12.8 Å². The number of carboxylic acids is 1. The van der Waals surface area contributed by atoms with E-state index >= 15 is 0 Å². The normalized spacial score (nSPS) is 17.2. The first kappa shape index (κ1) is 10.4. The Morgan fingerprint density at radius 2 is 2.15 bits per heavy atom. The molecule has 1 aliphatic carbocycles. The molecule has 0 aromatic carbocycles. The second kappa shape index (κ2) is 4.01. The van der Waals surface area contributed by atoms with Crippen LogP contribution in [0.15, 0.2) is 0 Å². The van der Waals surface area contributed by atoms with Crippen LogP contribution in [0.5, 0.6) is 0 Å². The van der Waals surface area contributed by atoms with Crippen LogP contribution in [0.25, 0.3) is 0 Å². The highest BCUT2D eigenvalue weighted by atomic mass is 32.2. The van der Waals surface area contributed by atoms with Gasteiger partial charge in [-0.25, -0.2) is 4.79 Å². The average molecular weight is 210 g/mol. The van der Waals surface area contributed by atoms with Gasteiger partial charge in [0.2, 0.25) is 0 Å². The lowest BCUT2D eigenvalue weighted by molar-refractivity contribution is -0.143. The van der Waals surface area contributed by atoms with Crippen LogP contribution in [-0.4, -0.2) is 32.1 Å². The number of carboxylic acid groups (broad SMARTS) is 1. The van der Waals surface area contributed by atoms with E-state index in [9.17, 15) is 13.2 Å². The first-order valence-electron chi connectivity index (χ1n) is 3.62. The monoisotopic (exact) mass is 210 g/mol. The van der Waals surface area contributed by atoms with Crippen LogP contribution in [0.2, 0.25) is 0 Å². The van der Waals surface area contributed by atoms with Crippen LogP contribution in [0.4, 0.5) is 0 Å². The highest BCUT2D eigenvalue weighted by Crippen LogP contribution is 2.19. The quantitative estimate of drug-likeness (QED) is 0.467. The van der Waals surface area contributed by atoms with E-state index in [-0.39, 0.29) is 6.04 Å². The summed E-state index contributed by atoms with van der Waals surface area (Å²) in [6.07, 6.45) is 1.61. The Bertz CT molecular complexity index is 283. The molecule has 0 aliphatic heterocycles. The molecule has 0 amide bonds. The first-order valence-corrected chi connectivity index (χ1v) is 5.10. The van der Waals surface area contributed by atoms with E-state index in [4.69, 9.17) is 5.11 Å². The van der Waals surface area contributed by atoms with E-state index in [1.807, 2.05) is 0 Å². The smallest absolute Gasteiger partial charge is 0.331 e. The zero-order valence-electron chi connectivity index (χ0n) is 6.69. The Balaban J connectivity index is 2.21. The lowest BCUT2D eigenvalue weighted by Gasteiger charge is -2.05. The first-order chi connectivity index (χ1) is 5.99. The summed E-state index contributed by atoms with van der Waals surface area (Å²) in [5, 5.41) is 8.12. The molecule has 0 saturated heterocycles. The van der Waals surface area contributed by atoms with Crippen molar-refractivity contribution in [3.05, 3.63) is 0 Å². The maximum Gasteiger partial charge on any atom is 0.331 e. The Labute approximate surface area is 75.2 Å². The summed E-state index contributed by atoms with van der Waals surface area (Å²) >= 11 is 0. The van der Waals surface area contributed by atoms with E-state index in [0.717, 1.165) is 12.8 Å². The summed E-state index contributed by atoms with van der Waals surface area (Å²) < 4.78 is 24.1. The van der Waals surface area contributed by atoms with Crippen molar-refractivity contribution in [2.24, 2.45) is 0 Å². The standard InChI is InChI=1S/C5H10N2O5S/c8-5(9)3-12-7-13(10,11)6-4-1-2-4/h4,6-7H,1-3H2,(H,8,9). The largest absolute Gasteiger partial charge is 0.479 e. The van der Waals surface area contributed by atoms with Crippen LogP contribution in [0.1, 0.15) is 12.8 Å². The molecular weight excluding hydrogens is 200 g/mol. The van der Waals surface area contributed by atoms with Crippen LogP contribution in [-0.2, 0) is 19.8 Å². The van der Waals surface area contributed by atoms with Crippen molar-refractivity contribution < 1.29 is 23.2 Å². The molecule has 0 unspecified atom stereocenters. The highest BCUT2D eigenvalue weighted by Gasteiger charge is 2.26. The van der Waals surface area contributed by atoms with Gasteiger partial charge < -0.3 is 5.11 Å². The number of rotatable bonds is 6. The predicted molar refractivity (Wildman–Crippen MR) is 41.8 cm³/mol. The van der Waals surface area contributed by atoms with E-state index < -0.39 is 22.8 Å². The van der Waals surface area contributed by atoms with Crippen molar-refractivity contribution in [1.82, 2.24) is 9.61 Å². The van der Waals surface area contributed by atoms with E-state index in [1.165, 1.54) is 0 Å². The lowest BCUT2D eigenvalue weighted by Crippen LogP contribution is -2.38. The Morgan fingerprint density at radius 1 is 1.54 bits per heavy atom. The molecule has 1 fully saturated rings. The summed E-state index contributed by atoms with van der Waals surface area (Å²) in [6.45, 7) is -0.703. The van der Waals surface area contributed by atoms with Crippen molar-refractivity contribution in [2.75, 3.05) is 6.61 Å². The van der Waals surface area contributed by atoms with Gasteiger partial charge >= 0.3 is 5.97 Å². The Morgan fingerprint density at radius 3 is 2.62 bits per heavy atom. The molecule has 3 N–H and O–H groups in total. The van der Waals surface area contributed by atoms with Crippen LogP contribution in [0.3, 0.4) is 0 Å². The molecule has 0 spiro atoms. The molecule has 1 rings (SSSR count). The fraction of sp³-hybridized carbons (Fsp3) is 0.800. The fourth-order valence-corrected chi connectivity index (χ4v) is 1.55. The van der Waals surface area contributed by atoms with Gasteiger partial charge in [-0.3, -0.25) is 4.84 Å². The second-order valence-corrected chi connectivity index (χ2v) is 4.07. The van der Waals surface area contributed by atoms with Crippen molar-refractivity contribution in [3.8, 4) is 0 Å². The number of aliphatic carboxylic acids is 1. The minimum Gasteiger partial charge on any atom is -0.479 e. The maximum atomic E-state index is 10.9. The summed E-state index contributed by atoms with van der Waals surface area (Å²) in [7, 11) is -3.70. The van der Waals surface area contributed by atoms with Crippen molar-refractivity contribution in [1.29, 1.82) is 0 Å². The molecule has 0 aromatic heterocycles. The molecule has 1 saturated carbocycles. The minimum atomic E-state index is -3.70. The molecule has 8 heteroatoms. The van der Waals surface area contributed by atoms with Crippen LogP contribution < -0.4 is 9.61 Å². The molecular formula is C5H10N2O5S. The zero-order chi connectivity index (χ0) is 9.90. The topological polar surface area (TPSA) is 105 Å². The molecule has 0 aromatic rings. The lowest BCUT2D eigenvalue weighted by atomic mass is 10.8. The SMILES string of the molecule is O=C(O)CONS(=O)(=O)NC1CC1. The molecule has 0 bridgehead atoms. The van der Waals surface area contributed by atoms with Gasteiger partial charge in [-0.2, -0.15) is 13.1 Å². The average Bonchev–Trinajstić information content (AvgIpc) is 2.68. The van der Waals surface area contributed by atoms with E-state index in [2.05, 4.69) is 9.56 Å². The molecule has 76 valence electrons. The number of hydrogen-bond acceptors (Lipinski definition) is 4. The maximum absolute atomic E-state index is 10.9. The van der Waals surface area contributed by atoms with Gasteiger partial charge in [0.1, 0.15) is 0 Å². The third-order valence-electron chi connectivity index (χ3n) is 1.26. The van der Waals surface area contributed by atoms with Crippen LogP contribution >= 0.6 is 0 Å². The predicted octanol–water partition coefficient (Wildman–Crippen LogP) is -1.41. The van der Waals surface area contributed by atoms with Gasteiger partial charge in [-0.15, -0.1) is 0 Å². The molecule has 1 aliphatic rings. The Kier molecular flexibility index (Phi) is 3.20. The zero-order valence-corrected chi connectivity index (χ0v) is 7.50. The molecule has 0 atom stereocenters. The third kappa shape index (κ3) is 4.78. The molecule has 13 heavy (non-hydrogen) atoms. The molecule has 0 radical (unpaired) electrons. The number of nitrogens with one attached hydrogen (secondary N) is 2. The fourth-order valence-electron chi connectivity index (χ4n) is 0.613. The van der Waals surface area contributed by atoms with Gasteiger partial charge in [0.15, 0.2) is 6.61 Å². The molecule has 0 heterocycles. The van der Waals surface area contributed by atoms with Crippen LogP contribution in [0, 0.1) is 0 Å². The Hall–Kier alpha value is -0.700. The van der Waals surface area contributed by atoms with E-state index in [1.54, 1.807) is 4.89 Å². The summed E-state index contributed by atoms with van der Waals surface area (Å²) in [5.41, 5.74) is 0. The second-order valence-electron chi connectivity index (χ2n) is 2.66. The van der Waals surface area contributed by atoms with E-state index in [0.29, 0.717) is 0 Å². The highest BCUT2D eigenvalue weighted by molar-refractivity contribution is 7.87. The van der Waals surface area contributed by atoms with Crippen molar-refractivity contribution >= 4 is 16.2 Å². The number of carbonyl (C=O) groups is 1. The van der Waals surface area contributed by atoms with Gasteiger partial charge in [-0.1, -0.05) is 4.89 Å². The number of hydrogen-bond donors (Lipinski definition) is 3. The van der Waals surface area contributed by atoms with Crippen molar-refractivity contribution in [2.45, 2.75) is 18.9 Å².